The predicted octanol–water partition coefficient (Wildman–Crippen LogP) is 1.83. The molecule has 1 aromatic carbocycles. The molecule has 30 heavy (non-hydrogen) atoms. The number of hydrogen-bond acceptors (Lipinski definition) is 4. The number of aromatic nitrogens is 1. The average Bonchev–Trinajstić information content (AvgIpc) is 2.93. The van der Waals surface area contributed by atoms with E-state index < -0.39 is 0 Å². The van der Waals surface area contributed by atoms with Crippen molar-refractivity contribution in [3.8, 4) is 0 Å². The summed E-state index contributed by atoms with van der Waals surface area (Å²) in [5, 5.41) is 13.2. The summed E-state index contributed by atoms with van der Waals surface area (Å²) >= 11 is 0. The molecule has 0 spiro atoms. The van der Waals surface area contributed by atoms with E-state index in [1.165, 1.54) is 5.56 Å². The van der Waals surface area contributed by atoms with Gasteiger partial charge >= 0.3 is 0 Å². The first kappa shape index (κ1) is 20.6. The van der Waals surface area contributed by atoms with Gasteiger partial charge in [-0.15, -0.1) is 0 Å². The Balaban J connectivity index is 1.59. The lowest BCUT2D eigenvalue weighted by molar-refractivity contribution is -0.127. The van der Waals surface area contributed by atoms with Crippen LogP contribution in [0.15, 0.2) is 53.3 Å². The van der Waals surface area contributed by atoms with E-state index in [1.807, 2.05) is 68.6 Å². The maximum Gasteiger partial charge on any atom is 0.258 e. The summed E-state index contributed by atoms with van der Waals surface area (Å²) < 4.78 is 1.80. The summed E-state index contributed by atoms with van der Waals surface area (Å²) in [6.45, 7) is 2.85. The first-order chi connectivity index (χ1) is 14.6. The number of nitrogens with one attached hydrogen (secondary N) is 1. The van der Waals surface area contributed by atoms with Crippen LogP contribution in [0.25, 0.3) is 6.08 Å². The number of nitrogens with zero attached hydrogens (tertiary/aromatic N) is 2. The Bertz CT molecular complexity index is 999. The van der Waals surface area contributed by atoms with Gasteiger partial charge in [-0.05, 0) is 38.1 Å². The second kappa shape index (κ2) is 8.58. The van der Waals surface area contributed by atoms with E-state index in [1.54, 1.807) is 4.57 Å². The van der Waals surface area contributed by atoms with E-state index >= 15 is 0 Å². The molecule has 3 heterocycles. The van der Waals surface area contributed by atoms with Crippen molar-refractivity contribution in [2.45, 2.75) is 32.0 Å². The number of carbonyl (C=O) groups excluding carboxylic acids is 1. The number of fused-ring (bicyclic) bond motifs is 4. The Kier molecular flexibility index (Phi) is 5.88. The summed E-state index contributed by atoms with van der Waals surface area (Å²) in [5.74, 6) is -0.648. The Hall–Kier alpha value is -2.70. The van der Waals surface area contributed by atoms with Crippen LogP contribution >= 0.6 is 0 Å². The largest absolute Gasteiger partial charge is 0.396 e. The van der Waals surface area contributed by atoms with E-state index in [-0.39, 0.29) is 42.0 Å². The summed E-state index contributed by atoms with van der Waals surface area (Å²) in [7, 11) is 1.99. The number of pyridine rings is 1. The third-order valence-corrected chi connectivity index (χ3v) is 6.58. The van der Waals surface area contributed by atoms with Gasteiger partial charge in [-0.3, -0.25) is 14.5 Å². The van der Waals surface area contributed by atoms with Crippen molar-refractivity contribution < 1.29 is 9.90 Å². The lowest BCUT2D eigenvalue weighted by atomic mass is 9.86. The second-order valence-corrected chi connectivity index (χ2v) is 8.21. The standard InChI is InChI=1S/C24H29N3O3/c1-3-7-17-10-11-19-22-21(23(29)25-13-12-16-8-5-4-6-9-16)18(15-28)20(26(22)2)14-27(19)24(17)30/h3-11,18,20-22,28H,12-15H2,1-2H3,(H,25,29)/b7-3+/t18-,20-,21+,22+/m1/s1. The van der Waals surface area contributed by atoms with Gasteiger partial charge in [0.2, 0.25) is 5.91 Å². The maximum absolute atomic E-state index is 13.2. The highest BCUT2D eigenvalue weighted by Gasteiger charge is 2.54. The number of amides is 1. The van der Waals surface area contributed by atoms with Crippen LogP contribution in [0.2, 0.25) is 0 Å². The molecule has 0 unspecified atom stereocenters. The molecule has 1 amide bonds. The number of aliphatic hydroxyl groups is 1. The molecule has 1 saturated heterocycles. The van der Waals surface area contributed by atoms with Crippen LogP contribution in [-0.4, -0.2) is 46.7 Å². The van der Waals surface area contributed by atoms with Crippen LogP contribution < -0.4 is 10.9 Å². The molecule has 2 aliphatic rings. The number of allylic oxidation sites excluding steroid dienone is 1. The Morgan fingerprint density at radius 1 is 1.23 bits per heavy atom. The van der Waals surface area contributed by atoms with Gasteiger partial charge in [0.1, 0.15) is 0 Å². The van der Waals surface area contributed by atoms with Crippen molar-refractivity contribution in [1.82, 2.24) is 14.8 Å². The molecule has 2 bridgehead atoms. The van der Waals surface area contributed by atoms with Crippen LogP contribution in [-0.2, 0) is 17.8 Å². The monoisotopic (exact) mass is 407 g/mol. The summed E-state index contributed by atoms with van der Waals surface area (Å²) in [4.78, 5) is 28.3. The third kappa shape index (κ3) is 3.50. The average molecular weight is 408 g/mol. The van der Waals surface area contributed by atoms with Gasteiger partial charge in [-0.25, -0.2) is 0 Å². The number of aliphatic hydroxyl groups excluding tert-OH is 1. The zero-order valence-electron chi connectivity index (χ0n) is 17.5. The topological polar surface area (TPSA) is 74.6 Å². The number of carbonyl (C=O) groups is 1. The number of benzene rings is 1. The summed E-state index contributed by atoms with van der Waals surface area (Å²) in [5.41, 5.74) is 2.64. The zero-order chi connectivity index (χ0) is 21.3. The van der Waals surface area contributed by atoms with Gasteiger partial charge in [0.25, 0.3) is 5.56 Å². The molecule has 2 aliphatic heterocycles. The minimum atomic E-state index is -0.388. The van der Waals surface area contributed by atoms with E-state index in [4.69, 9.17) is 0 Å². The van der Waals surface area contributed by atoms with Crippen molar-refractivity contribution in [2.75, 3.05) is 20.2 Å². The lowest BCUT2D eigenvalue weighted by Gasteiger charge is -2.35. The molecule has 1 fully saturated rings. The normalized spacial score (nSPS) is 25.4. The zero-order valence-corrected chi connectivity index (χ0v) is 17.5. The van der Waals surface area contributed by atoms with Crippen molar-refractivity contribution in [1.29, 1.82) is 0 Å². The van der Waals surface area contributed by atoms with Gasteiger partial charge < -0.3 is 15.0 Å². The van der Waals surface area contributed by atoms with Gasteiger partial charge in [-0.2, -0.15) is 0 Å². The summed E-state index contributed by atoms with van der Waals surface area (Å²) in [6, 6.07) is 13.6. The Morgan fingerprint density at radius 3 is 2.70 bits per heavy atom. The number of likely N-dealkylation sites (N-methyl/N-ethyl adjacent to an activating group) is 1. The van der Waals surface area contributed by atoms with Crippen LogP contribution in [0.5, 0.6) is 0 Å². The van der Waals surface area contributed by atoms with Crippen LogP contribution in [0.4, 0.5) is 0 Å². The van der Waals surface area contributed by atoms with E-state index in [9.17, 15) is 14.7 Å². The summed E-state index contributed by atoms with van der Waals surface area (Å²) in [6.07, 6.45) is 4.43. The molecule has 0 radical (unpaired) electrons. The third-order valence-electron chi connectivity index (χ3n) is 6.58. The second-order valence-electron chi connectivity index (χ2n) is 8.21. The fraction of sp³-hybridized carbons (Fsp3) is 0.417. The predicted molar refractivity (Wildman–Crippen MR) is 117 cm³/mol. The van der Waals surface area contributed by atoms with Crippen LogP contribution in [0.1, 0.15) is 29.8 Å². The van der Waals surface area contributed by atoms with E-state index in [0.717, 1.165) is 12.1 Å². The van der Waals surface area contributed by atoms with Gasteiger partial charge in [0.05, 0.1) is 12.0 Å². The molecule has 6 nitrogen and oxygen atoms in total. The smallest absolute Gasteiger partial charge is 0.258 e. The van der Waals surface area contributed by atoms with E-state index in [0.29, 0.717) is 18.7 Å². The van der Waals surface area contributed by atoms with Crippen molar-refractivity contribution in [3.05, 3.63) is 75.7 Å². The highest BCUT2D eigenvalue weighted by atomic mass is 16.3. The lowest BCUT2D eigenvalue weighted by Crippen LogP contribution is -2.44. The van der Waals surface area contributed by atoms with E-state index in [2.05, 4.69) is 10.2 Å². The van der Waals surface area contributed by atoms with Crippen LogP contribution in [0, 0.1) is 11.8 Å². The number of hydrogen-bond donors (Lipinski definition) is 2. The fourth-order valence-electron chi connectivity index (χ4n) is 5.11. The first-order valence-corrected chi connectivity index (χ1v) is 10.6. The van der Waals surface area contributed by atoms with Crippen LogP contribution in [0.3, 0.4) is 0 Å². The quantitative estimate of drug-likeness (QED) is 0.766. The fourth-order valence-corrected chi connectivity index (χ4v) is 5.11. The highest BCUT2D eigenvalue weighted by molar-refractivity contribution is 5.80. The minimum absolute atomic E-state index is 0.0319. The minimum Gasteiger partial charge on any atom is -0.396 e. The van der Waals surface area contributed by atoms with Gasteiger partial charge in [0, 0.05) is 42.9 Å². The molecule has 2 aromatic rings. The molecule has 4 atom stereocenters. The van der Waals surface area contributed by atoms with Crippen molar-refractivity contribution >= 4 is 12.0 Å². The number of rotatable bonds is 6. The van der Waals surface area contributed by atoms with Gasteiger partial charge in [-0.1, -0.05) is 42.5 Å². The first-order valence-electron chi connectivity index (χ1n) is 10.6. The highest BCUT2D eigenvalue weighted by Crippen LogP contribution is 2.47. The van der Waals surface area contributed by atoms with Crippen molar-refractivity contribution in [3.63, 3.8) is 0 Å². The van der Waals surface area contributed by atoms with Crippen molar-refractivity contribution in [2.24, 2.45) is 11.8 Å². The Morgan fingerprint density at radius 2 is 2.00 bits per heavy atom. The van der Waals surface area contributed by atoms with Gasteiger partial charge in [0.15, 0.2) is 0 Å². The molecule has 0 saturated carbocycles. The molecule has 158 valence electrons. The molecule has 6 heteroatoms. The molecular formula is C24H29N3O3. The SMILES string of the molecule is C/C=C/c1ccc2n(c1=O)C[C@@H]1[C@@H](CO)[C@H](C(=O)NCCc3ccccc3)[C@H]2N1C. The molecular weight excluding hydrogens is 378 g/mol. The molecule has 4 rings (SSSR count). The molecule has 2 N–H and O–H groups in total. The molecule has 1 aromatic heterocycles. The Labute approximate surface area is 176 Å². The maximum atomic E-state index is 13.2. The molecule has 0 aliphatic carbocycles.